The molecule has 1 amide bonds. The lowest BCUT2D eigenvalue weighted by atomic mass is 10.1. The van der Waals surface area contributed by atoms with Crippen LogP contribution in [0.2, 0.25) is 5.02 Å². The number of hydrogen-bond acceptors (Lipinski definition) is 5. The molecule has 1 aliphatic rings. The Morgan fingerprint density at radius 3 is 2.16 bits per heavy atom. The van der Waals surface area contributed by atoms with Crippen molar-refractivity contribution < 1.29 is 18.0 Å². The zero-order chi connectivity index (χ0) is 22.4. The molecule has 0 radical (unpaired) electrons. The van der Waals surface area contributed by atoms with Crippen LogP contribution < -0.4 is 5.32 Å². The summed E-state index contributed by atoms with van der Waals surface area (Å²) in [6.07, 6.45) is 0.187. The first-order valence-corrected chi connectivity index (χ1v) is 11.9. The maximum Gasteiger partial charge on any atom is 0.243 e. The van der Waals surface area contributed by atoms with Gasteiger partial charge in [-0.1, -0.05) is 23.7 Å². The smallest absolute Gasteiger partial charge is 0.243 e. The number of piperazine rings is 1. The summed E-state index contributed by atoms with van der Waals surface area (Å²) in [6.45, 7) is 2.65. The van der Waals surface area contributed by atoms with Crippen molar-refractivity contribution >= 4 is 33.3 Å². The first-order valence-electron chi connectivity index (χ1n) is 10.1. The fourth-order valence-electron chi connectivity index (χ4n) is 3.25. The zero-order valence-corrected chi connectivity index (χ0v) is 19.0. The lowest BCUT2D eigenvalue weighted by molar-refractivity contribution is -0.121. The van der Waals surface area contributed by atoms with E-state index in [0.29, 0.717) is 36.8 Å². The van der Waals surface area contributed by atoms with Crippen molar-refractivity contribution in [2.24, 2.45) is 0 Å². The molecule has 0 saturated carbocycles. The minimum atomic E-state index is -3.51. The molecule has 0 unspecified atom stereocenters. The van der Waals surface area contributed by atoms with Gasteiger partial charge in [0, 0.05) is 56.2 Å². The number of Topliss-reactive ketones (excluding diaryl/α,β-unsaturated/α-hetero) is 1. The highest BCUT2D eigenvalue weighted by Crippen LogP contribution is 2.18. The molecule has 3 rings (SSSR count). The van der Waals surface area contributed by atoms with Gasteiger partial charge in [0.2, 0.25) is 15.9 Å². The van der Waals surface area contributed by atoms with Crippen molar-refractivity contribution in [2.45, 2.75) is 24.3 Å². The largest absolute Gasteiger partial charge is 0.352 e. The number of sulfonamides is 1. The van der Waals surface area contributed by atoms with Gasteiger partial charge in [0.25, 0.3) is 0 Å². The topological polar surface area (TPSA) is 86.8 Å². The van der Waals surface area contributed by atoms with Crippen LogP contribution in [0.4, 0.5) is 0 Å². The van der Waals surface area contributed by atoms with Crippen LogP contribution in [0.5, 0.6) is 0 Å². The minimum Gasteiger partial charge on any atom is -0.352 e. The summed E-state index contributed by atoms with van der Waals surface area (Å²) in [6, 6.07) is 13.1. The number of benzene rings is 2. The first kappa shape index (κ1) is 23.4. The van der Waals surface area contributed by atoms with Gasteiger partial charge in [0.15, 0.2) is 5.78 Å². The Bertz CT molecular complexity index is 1020. The number of amides is 1. The molecule has 7 nitrogen and oxygen atoms in total. The Morgan fingerprint density at radius 2 is 1.55 bits per heavy atom. The number of carbonyl (C=O) groups excluding carboxylic acids is 2. The molecule has 1 aliphatic heterocycles. The second-order valence-electron chi connectivity index (χ2n) is 7.56. The molecule has 0 atom stereocenters. The Hall–Kier alpha value is -2.26. The predicted octanol–water partition coefficient (Wildman–Crippen LogP) is 2.56. The number of nitrogens with zero attached hydrogens (tertiary/aromatic N) is 2. The summed E-state index contributed by atoms with van der Waals surface area (Å²) >= 11 is 5.81. The summed E-state index contributed by atoms with van der Waals surface area (Å²) in [5, 5.41) is 3.32. The predicted molar refractivity (Wildman–Crippen MR) is 120 cm³/mol. The molecule has 0 bridgehead atoms. The molecule has 0 aliphatic carbocycles. The summed E-state index contributed by atoms with van der Waals surface area (Å²) < 4.78 is 27.0. The molecule has 1 heterocycles. The lowest BCUT2D eigenvalue weighted by Gasteiger charge is -2.31. The molecule has 2 aromatic carbocycles. The van der Waals surface area contributed by atoms with E-state index in [4.69, 9.17) is 11.6 Å². The van der Waals surface area contributed by atoms with Crippen LogP contribution in [0.1, 0.15) is 28.8 Å². The van der Waals surface area contributed by atoms with E-state index in [1.807, 2.05) is 7.05 Å². The Morgan fingerprint density at radius 1 is 0.935 bits per heavy atom. The number of likely N-dealkylation sites (N-methyl/N-ethyl adjacent to an activating group) is 1. The number of halogens is 1. The van der Waals surface area contributed by atoms with Crippen LogP contribution in [0.25, 0.3) is 0 Å². The molecule has 1 fully saturated rings. The molecule has 0 spiro atoms. The Kier molecular flexibility index (Phi) is 7.83. The fraction of sp³-hybridized carbons (Fsp3) is 0.364. The van der Waals surface area contributed by atoms with E-state index in [1.165, 1.54) is 4.31 Å². The van der Waals surface area contributed by atoms with Gasteiger partial charge in [-0.25, -0.2) is 8.42 Å². The van der Waals surface area contributed by atoms with Crippen LogP contribution in [-0.4, -0.2) is 62.5 Å². The second kappa shape index (κ2) is 10.4. The Balaban J connectivity index is 1.48. The molecule has 1 N–H and O–H groups in total. The van der Waals surface area contributed by atoms with Gasteiger partial charge >= 0.3 is 0 Å². The summed E-state index contributed by atoms with van der Waals surface area (Å²) in [4.78, 5) is 26.6. The van der Waals surface area contributed by atoms with Crippen molar-refractivity contribution in [1.82, 2.24) is 14.5 Å². The normalized spacial score (nSPS) is 15.5. The van der Waals surface area contributed by atoms with Crippen molar-refractivity contribution in [3.63, 3.8) is 0 Å². The van der Waals surface area contributed by atoms with E-state index in [-0.39, 0.29) is 36.0 Å². The van der Waals surface area contributed by atoms with E-state index < -0.39 is 10.0 Å². The van der Waals surface area contributed by atoms with E-state index >= 15 is 0 Å². The van der Waals surface area contributed by atoms with E-state index in [0.717, 1.165) is 5.56 Å². The van der Waals surface area contributed by atoms with Gasteiger partial charge in [-0.15, -0.1) is 0 Å². The first-order chi connectivity index (χ1) is 14.8. The van der Waals surface area contributed by atoms with Crippen molar-refractivity contribution in [2.75, 3.05) is 33.2 Å². The van der Waals surface area contributed by atoms with Crippen LogP contribution in [-0.2, 0) is 21.4 Å². The standard InChI is InChI=1S/C22H26ClN3O4S/c1-25-12-14-26(15-13-25)31(29,30)20-8-2-17(3-9-20)16-24-22(28)11-10-21(27)18-4-6-19(23)7-5-18/h2-9H,10-16H2,1H3,(H,24,28). The van der Waals surface area contributed by atoms with Crippen molar-refractivity contribution in [1.29, 1.82) is 0 Å². The molecule has 1 saturated heterocycles. The maximum atomic E-state index is 12.8. The van der Waals surface area contributed by atoms with Crippen molar-refractivity contribution in [3.05, 3.63) is 64.7 Å². The highest BCUT2D eigenvalue weighted by Gasteiger charge is 2.27. The molecule has 166 valence electrons. The highest BCUT2D eigenvalue weighted by molar-refractivity contribution is 7.89. The monoisotopic (exact) mass is 463 g/mol. The van der Waals surface area contributed by atoms with E-state index in [9.17, 15) is 18.0 Å². The second-order valence-corrected chi connectivity index (χ2v) is 9.93. The zero-order valence-electron chi connectivity index (χ0n) is 17.4. The SMILES string of the molecule is CN1CCN(S(=O)(=O)c2ccc(CNC(=O)CCC(=O)c3ccc(Cl)cc3)cc2)CC1. The molecule has 0 aromatic heterocycles. The van der Waals surface area contributed by atoms with E-state index in [2.05, 4.69) is 10.2 Å². The number of carbonyl (C=O) groups is 2. The van der Waals surface area contributed by atoms with Crippen LogP contribution in [0.3, 0.4) is 0 Å². The van der Waals surface area contributed by atoms with Gasteiger partial charge < -0.3 is 10.2 Å². The minimum absolute atomic E-state index is 0.0807. The number of hydrogen-bond donors (Lipinski definition) is 1. The summed E-state index contributed by atoms with van der Waals surface area (Å²) in [7, 11) is -1.53. The van der Waals surface area contributed by atoms with Crippen molar-refractivity contribution in [3.8, 4) is 0 Å². The average Bonchev–Trinajstić information content (AvgIpc) is 2.77. The third-order valence-electron chi connectivity index (χ3n) is 5.26. The van der Waals surface area contributed by atoms with Gasteiger partial charge in [-0.2, -0.15) is 4.31 Å². The summed E-state index contributed by atoms with van der Waals surface area (Å²) in [5.41, 5.74) is 1.31. The van der Waals surface area contributed by atoms with Crippen LogP contribution in [0.15, 0.2) is 53.4 Å². The molecular formula is C22H26ClN3O4S. The van der Waals surface area contributed by atoms with E-state index in [1.54, 1.807) is 48.5 Å². The van der Waals surface area contributed by atoms with Crippen LogP contribution in [0, 0.1) is 0 Å². The van der Waals surface area contributed by atoms with Gasteiger partial charge in [0.05, 0.1) is 4.90 Å². The molecular weight excluding hydrogens is 438 g/mol. The highest BCUT2D eigenvalue weighted by atomic mass is 35.5. The van der Waals surface area contributed by atoms with Gasteiger partial charge in [-0.3, -0.25) is 9.59 Å². The molecule has 9 heteroatoms. The third kappa shape index (κ3) is 6.36. The third-order valence-corrected chi connectivity index (χ3v) is 7.42. The van der Waals surface area contributed by atoms with Gasteiger partial charge in [0.1, 0.15) is 0 Å². The number of nitrogens with one attached hydrogen (secondary N) is 1. The lowest BCUT2D eigenvalue weighted by Crippen LogP contribution is -2.47. The Labute approximate surface area is 188 Å². The fourth-order valence-corrected chi connectivity index (χ4v) is 4.80. The summed E-state index contributed by atoms with van der Waals surface area (Å²) in [5.74, 6) is -0.360. The quantitative estimate of drug-likeness (QED) is 0.608. The molecule has 31 heavy (non-hydrogen) atoms. The maximum absolute atomic E-state index is 12.8. The van der Waals surface area contributed by atoms with Crippen LogP contribution >= 0.6 is 11.6 Å². The molecule has 2 aromatic rings. The van der Waals surface area contributed by atoms with Gasteiger partial charge in [-0.05, 0) is 49.0 Å². The number of ketones is 1. The average molecular weight is 464 g/mol. The number of rotatable bonds is 8.